The summed E-state index contributed by atoms with van der Waals surface area (Å²) in [5.74, 6) is 0. The van der Waals surface area contributed by atoms with Crippen LogP contribution >= 0.6 is 0 Å². The summed E-state index contributed by atoms with van der Waals surface area (Å²) in [4.78, 5) is 17.1. The smallest absolute Gasteiger partial charge is 0.434 e. The van der Waals surface area contributed by atoms with Crippen molar-refractivity contribution in [1.82, 2.24) is 4.90 Å². The third-order valence-electron chi connectivity index (χ3n) is 2.93. The van der Waals surface area contributed by atoms with Gasteiger partial charge in [0.1, 0.15) is 0 Å². The summed E-state index contributed by atoms with van der Waals surface area (Å²) in [5, 5.41) is 0. The first kappa shape index (κ1) is 15.0. The van der Waals surface area contributed by atoms with Crippen molar-refractivity contribution in [3.8, 4) is 0 Å². The number of nitrogens with zero attached hydrogens (tertiary/aromatic N) is 2. The minimum atomic E-state index is -0.495. The van der Waals surface area contributed by atoms with Crippen molar-refractivity contribution >= 4 is 12.4 Å². The maximum Gasteiger partial charge on any atom is 0.434 e. The minimum absolute atomic E-state index is 0.241. The van der Waals surface area contributed by atoms with Crippen molar-refractivity contribution in [2.75, 3.05) is 26.3 Å². The Morgan fingerprint density at radius 2 is 2.33 bits per heavy atom. The van der Waals surface area contributed by atoms with Gasteiger partial charge in [-0.15, -0.1) is 0 Å². The second-order valence-electron chi connectivity index (χ2n) is 4.46. The molecule has 1 atom stereocenters. The average molecular weight is 256 g/mol. The van der Waals surface area contributed by atoms with E-state index in [-0.39, 0.29) is 6.10 Å². The summed E-state index contributed by atoms with van der Waals surface area (Å²) >= 11 is 0. The highest BCUT2D eigenvalue weighted by molar-refractivity contribution is 5.78. The highest BCUT2D eigenvalue weighted by Crippen LogP contribution is 2.06. The third-order valence-corrected chi connectivity index (χ3v) is 2.93. The van der Waals surface area contributed by atoms with Crippen LogP contribution in [0.4, 0.5) is 4.79 Å². The average Bonchev–Trinajstić information content (AvgIpc) is 2.41. The van der Waals surface area contributed by atoms with E-state index in [4.69, 9.17) is 9.47 Å². The van der Waals surface area contributed by atoms with Crippen LogP contribution < -0.4 is 0 Å². The molecule has 5 nitrogen and oxygen atoms in total. The van der Waals surface area contributed by atoms with Crippen LogP contribution in [-0.4, -0.2) is 49.7 Å². The van der Waals surface area contributed by atoms with E-state index < -0.39 is 6.09 Å². The molecule has 0 spiro atoms. The zero-order chi connectivity index (χ0) is 13.2. The van der Waals surface area contributed by atoms with Gasteiger partial charge in [0.15, 0.2) is 0 Å². The lowest BCUT2D eigenvalue weighted by atomic mass is 10.2. The normalized spacial score (nSPS) is 20.3. The van der Waals surface area contributed by atoms with Crippen molar-refractivity contribution < 1.29 is 14.3 Å². The lowest BCUT2D eigenvalue weighted by Crippen LogP contribution is -2.41. The predicted octanol–water partition coefficient (Wildman–Crippen LogP) is 2.45. The van der Waals surface area contributed by atoms with Gasteiger partial charge < -0.3 is 14.4 Å². The Morgan fingerprint density at radius 3 is 3.06 bits per heavy atom. The van der Waals surface area contributed by atoms with E-state index in [0.717, 1.165) is 38.8 Å². The number of unbranched alkanes of at least 4 members (excludes halogenated alkanes) is 2. The number of hydrogen-bond donors (Lipinski definition) is 0. The summed E-state index contributed by atoms with van der Waals surface area (Å²) < 4.78 is 10.5. The first-order valence-corrected chi connectivity index (χ1v) is 6.82. The molecule has 0 N–H and O–H groups in total. The van der Waals surface area contributed by atoms with Crippen LogP contribution in [0.25, 0.3) is 0 Å². The van der Waals surface area contributed by atoms with Gasteiger partial charge in [-0.3, -0.25) is 0 Å². The van der Waals surface area contributed by atoms with Crippen molar-refractivity contribution in [1.29, 1.82) is 0 Å². The molecule has 0 aliphatic carbocycles. The SMILES string of the molecule is CCCCCOC(=O)N=CN1CCOC(CC)C1. The topological polar surface area (TPSA) is 51.1 Å². The molecule has 1 heterocycles. The summed E-state index contributed by atoms with van der Waals surface area (Å²) in [6.45, 7) is 6.93. The van der Waals surface area contributed by atoms with E-state index in [0.29, 0.717) is 13.2 Å². The molecule has 0 aromatic carbocycles. The molecule has 0 radical (unpaired) electrons. The standard InChI is InChI=1S/C13H24N2O3/c1-3-5-6-8-18-13(16)14-11-15-7-9-17-12(4-2)10-15/h11-12H,3-10H2,1-2H3. The highest BCUT2D eigenvalue weighted by Gasteiger charge is 2.16. The molecule has 1 unspecified atom stereocenters. The largest absolute Gasteiger partial charge is 0.448 e. The van der Waals surface area contributed by atoms with Crippen LogP contribution in [-0.2, 0) is 9.47 Å². The number of hydrogen-bond acceptors (Lipinski definition) is 3. The Hall–Kier alpha value is -1.10. The molecule has 1 saturated heterocycles. The van der Waals surface area contributed by atoms with E-state index in [9.17, 15) is 4.79 Å². The van der Waals surface area contributed by atoms with E-state index in [1.54, 1.807) is 6.34 Å². The molecule has 0 saturated carbocycles. The Labute approximate surface area is 109 Å². The van der Waals surface area contributed by atoms with E-state index in [1.807, 2.05) is 4.90 Å². The van der Waals surface area contributed by atoms with Gasteiger partial charge in [0.2, 0.25) is 0 Å². The fourth-order valence-corrected chi connectivity index (χ4v) is 1.77. The lowest BCUT2D eigenvalue weighted by Gasteiger charge is -2.30. The fourth-order valence-electron chi connectivity index (χ4n) is 1.77. The molecular formula is C13H24N2O3. The molecule has 0 aromatic heterocycles. The number of carbonyl (C=O) groups excluding carboxylic acids is 1. The molecule has 18 heavy (non-hydrogen) atoms. The van der Waals surface area contributed by atoms with Crippen LogP contribution in [0.15, 0.2) is 4.99 Å². The second kappa shape index (κ2) is 8.91. The Morgan fingerprint density at radius 1 is 1.50 bits per heavy atom. The summed E-state index contributed by atoms with van der Waals surface area (Å²) in [7, 11) is 0. The fraction of sp³-hybridized carbons (Fsp3) is 0.846. The summed E-state index contributed by atoms with van der Waals surface area (Å²) in [6, 6.07) is 0. The van der Waals surface area contributed by atoms with Crippen molar-refractivity contribution in [2.24, 2.45) is 4.99 Å². The summed E-state index contributed by atoms with van der Waals surface area (Å²) in [5.41, 5.74) is 0. The number of carbonyl (C=O) groups is 1. The molecule has 1 fully saturated rings. The molecule has 5 heteroatoms. The van der Waals surface area contributed by atoms with Crippen molar-refractivity contribution in [3.05, 3.63) is 0 Å². The molecule has 0 aromatic rings. The van der Waals surface area contributed by atoms with E-state index in [2.05, 4.69) is 18.8 Å². The molecule has 1 rings (SSSR count). The van der Waals surface area contributed by atoms with Gasteiger partial charge in [0, 0.05) is 13.1 Å². The second-order valence-corrected chi connectivity index (χ2v) is 4.46. The quantitative estimate of drug-likeness (QED) is 0.416. The maximum atomic E-state index is 11.3. The van der Waals surface area contributed by atoms with Gasteiger partial charge >= 0.3 is 6.09 Å². The molecule has 1 aliphatic rings. The van der Waals surface area contributed by atoms with Crippen LogP contribution in [0.2, 0.25) is 0 Å². The number of aliphatic imine (C=N–C) groups is 1. The highest BCUT2D eigenvalue weighted by atomic mass is 16.5. The van der Waals surface area contributed by atoms with Crippen LogP contribution in [0.3, 0.4) is 0 Å². The van der Waals surface area contributed by atoms with Gasteiger partial charge in [0.05, 0.1) is 25.7 Å². The minimum Gasteiger partial charge on any atom is -0.448 e. The molecule has 1 amide bonds. The first-order valence-electron chi connectivity index (χ1n) is 6.82. The van der Waals surface area contributed by atoms with Crippen molar-refractivity contribution in [2.45, 2.75) is 45.6 Å². The Bertz CT molecular complexity index is 269. The zero-order valence-electron chi connectivity index (χ0n) is 11.4. The lowest BCUT2D eigenvalue weighted by molar-refractivity contribution is -0.00555. The number of ether oxygens (including phenoxy) is 2. The molecule has 1 aliphatic heterocycles. The van der Waals surface area contributed by atoms with Gasteiger partial charge in [-0.05, 0) is 12.8 Å². The van der Waals surface area contributed by atoms with Gasteiger partial charge in [0.25, 0.3) is 0 Å². The molecule has 0 bridgehead atoms. The Kier molecular flexibility index (Phi) is 7.41. The number of morpholine rings is 1. The number of rotatable bonds is 6. The van der Waals surface area contributed by atoms with Gasteiger partial charge in [-0.1, -0.05) is 26.7 Å². The van der Waals surface area contributed by atoms with Crippen LogP contribution in [0, 0.1) is 0 Å². The predicted molar refractivity (Wildman–Crippen MR) is 71.0 cm³/mol. The maximum absolute atomic E-state index is 11.3. The van der Waals surface area contributed by atoms with Crippen LogP contribution in [0.5, 0.6) is 0 Å². The van der Waals surface area contributed by atoms with Crippen molar-refractivity contribution in [3.63, 3.8) is 0 Å². The van der Waals surface area contributed by atoms with E-state index in [1.165, 1.54) is 0 Å². The molecular weight excluding hydrogens is 232 g/mol. The number of amides is 1. The summed E-state index contributed by atoms with van der Waals surface area (Å²) in [6.07, 6.45) is 5.41. The third kappa shape index (κ3) is 6.00. The monoisotopic (exact) mass is 256 g/mol. The van der Waals surface area contributed by atoms with Crippen LogP contribution in [0.1, 0.15) is 39.5 Å². The zero-order valence-corrected chi connectivity index (χ0v) is 11.4. The van der Waals surface area contributed by atoms with E-state index >= 15 is 0 Å². The molecule has 104 valence electrons. The van der Waals surface area contributed by atoms with Gasteiger partial charge in [-0.25, -0.2) is 4.79 Å². The first-order chi connectivity index (χ1) is 8.76. The Balaban J connectivity index is 2.19. The van der Waals surface area contributed by atoms with Gasteiger partial charge in [-0.2, -0.15) is 4.99 Å².